The lowest BCUT2D eigenvalue weighted by molar-refractivity contribution is 0.0940. The molecule has 8 nitrogen and oxygen atoms in total. The van der Waals surface area contributed by atoms with Crippen LogP contribution in [0.1, 0.15) is 35.9 Å². The normalized spacial score (nSPS) is 11.2. The first-order valence-electron chi connectivity index (χ1n) is 7.70. The van der Waals surface area contributed by atoms with Crippen molar-refractivity contribution in [3.05, 3.63) is 41.7 Å². The van der Waals surface area contributed by atoms with E-state index in [-0.39, 0.29) is 18.3 Å². The van der Waals surface area contributed by atoms with E-state index in [4.69, 9.17) is 8.94 Å². The van der Waals surface area contributed by atoms with Crippen molar-refractivity contribution in [2.75, 3.05) is 0 Å². The molecule has 0 aliphatic carbocycles. The number of furan rings is 1. The standard InChI is InChI=1S/C16H19N5O3/c1-10(2)7-11-8-12(21(3)19-11)15(22)17-9-14-18-16(24-20-14)13-5-4-6-23-13/h4-6,8,10H,7,9H2,1-3H3,(H,17,22). The average molecular weight is 329 g/mol. The van der Waals surface area contributed by atoms with Crippen LogP contribution < -0.4 is 5.32 Å². The Hall–Kier alpha value is -2.90. The molecule has 0 saturated heterocycles. The van der Waals surface area contributed by atoms with Crippen molar-refractivity contribution in [3.63, 3.8) is 0 Å². The van der Waals surface area contributed by atoms with Crippen LogP contribution in [0.15, 0.2) is 33.4 Å². The Labute approximate surface area is 138 Å². The Bertz CT molecular complexity index is 817. The van der Waals surface area contributed by atoms with E-state index in [2.05, 4.69) is 34.4 Å². The molecule has 0 unspecified atom stereocenters. The summed E-state index contributed by atoms with van der Waals surface area (Å²) in [7, 11) is 1.75. The first-order valence-corrected chi connectivity index (χ1v) is 7.70. The predicted octanol–water partition coefficient (Wildman–Crippen LogP) is 2.19. The highest BCUT2D eigenvalue weighted by Gasteiger charge is 2.16. The third-order valence-corrected chi connectivity index (χ3v) is 3.39. The number of aromatic nitrogens is 4. The van der Waals surface area contributed by atoms with E-state index in [1.165, 1.54) is 6.26 Å². The van der Waals surface area contributed by atoms with Gasteiger partial charge in [-0.25, -0.2) is 0 Å². The molecule has 3 heterocycles. The van der Waals surface area contributed by atoms with Crippen molar-refractivity contribution >= 4 is 5.91 Å². The van der Waals surface area contributed by atoms with Crippen LogP contribution in [0.5, 0.6) is 0 Å². The molecule has 0 saturated carbocycles. The van der Waals surface area contributed by atoms with Crippen LogP contribution in [0.2, 0.25) is 0 Å². The molecule has 24 heavy (non-hydrogen) atoms. The van der Waals surface area contributed by atoms with Gasteiger partial charge in [-0.2, -0.15) is 10.1 Å². The van der Waals surface area contributed by atoms with Crippen molar-refractivity contribution in [3.8, 4) is 11.7 Å². The Morgan fingerprint density at radius 1 is 1.42 bits per heavy atom. The minimum Gasteiger partial charge on any atom is -0.459 e. The minimum atomic E-state index is -0.232. The van der Waals surface area contributed by atoms with Gasteiger partial charge in [0.05, 0.1) is 18.5 Å². The molecule has 0 aliphatic rings. The number of aryl methyl sites for hydroxylation is 1. The second-order valence-corrected chi connectivity index (χ2v) is 5.92. The molecule has 1 N–H and O–H groups in total. The molecule has 0 atom stereocenters. The van der Waals surface area contributed by atoms with Crippen LogP contribution in [0.3, 0.4) is 0 Å². The van der Waals surface area contributed by atoms with Crippen molar-refractivity contribution in [1.82, 2.24) is 25.2 Å². The summed E-state index contributed by atoms with van der Waals surface area (Å²) in [5.74, 6) is 1.40. The quantitative estimate of drug-likeness (QED) is 0.744. The molecule has 0 aliphatic heterocycles. The van der Waals surface area contributed by atoms with Gasteiger partial charge in [0.25, 0.3) is 11.8 Å². The molecular formula is C16H19N5O3. The van der Waals surface area contributed by atoms with E-state index in [1.807, 2.05) is 0 Å². The van der Waals surface area contributed by atoms with Gasteiger partial charge >= 0.3 is 0 Å². The van der Waals surface area contributed by atoms with Crippen molar-refractivity contribution in [1.29, 1.82) is 0 Å². The fourth-order valence-electron chi connectivity index (χ4n) is 2.33. The minimum absolute atomic E-state index is 0.160. The summed E-state index contributed by atoms with van der Waals surface area (Å²) in [5, 5.41) is 10.9. The third-order valence-electron chi connectivity index (χ3n) is 3.39. The van der Waals surface area contributed by atoms with Crippen molar-refractivity contribution in [2.45, 2.75) is 26.8 Å². The second kappa shape index (κ2) is 6.69. The Morgan fingerprint density at radius 2 is 2.25 bits per heavy atom. The van der Waals surface area contributed by atoms with E-state index in [1.54, 1.807) is 29.9 Å². The lowest BCUT2D eigenvalue weighted by Gasteiger charge is -2.01. The van der Waals surface area contributed by atoms with Crippen molar-refractivity contribution < 1.29 is 13.7 Å². The molecule has 126 valence electrons. The Balaban J connectivity index is 1.62. The van der Waals surface area contributed by atoms with Gasteiger partial charge in [0.1, 0.15) is 5.69 Å². The van der Waals surface area contributed by atoms with Gasteiger partial charge in [0, 0.05) is 7.05 Å². The van der Waals surface area contributed by atoms with Gasteiger partial charge < -0.3 is 14.3 Å². The Kier molecular flexibility index (Phi) is 4.45. The lowest BCUT2D eigenvalue weighted by Crippen LogP contribution is -2.25. The summed E-state index contributed by atoms with van der Waals surface area (Å²) >= 11 is 0. The first-order chi connectivity index (χ1) is 11.5. The molecule has 3 aromatic rings. The van der Waals surface area contributed by atoms with E-state index in [0.29, 0.717) is 23.2 Å². The molecular weight excluding hydrogens is 310 g/mol. The fourth-order valence-corrected chi connectivity index (χ4v) is 2.33. The van der Waals surface area contributed by atoms with E-state index < -0.39 is 0 Å². The molecule has 8 heteroatoms. The lowest BCUT2D eigenvalue weighted by atomic mass is 10.1. The van der Waals surface area contributed by atoms with E-state index in [0.717, 1.165) is 12.1 Å². The van der Waals surface area contributed by atoms with Crippen molar-refractivity contribution in [2.24, 2.45) is 13.0 Å². The molecule has 0 spiro atoms. The van der Waals surface area contributed by atoms with Crippen LogP contribution in [0, 0.1) is 5.92 Å². The van der Waals surface area contributed by atoms with E-state index >= 15 is 0 Å². The topological polar surface area (TPSA) is 99.0 Å². The van der Waals surface area contributed by atoms with Gasteiger partial charge in [-0.1, -0.05) is 19.0 Å². The third kappa shape index (κ3) is 3.53. The van der Waals surface area contributed by atoms with Gasteiger partial charge in [-0.05, 0) is 30.5 Å². The van der Waals surface area contributed by atoms with Crippen LogP contribution in [-0.4, -0.2) is 25.8 Å². The zero-order chi connectivity index (χ0) is 17.1. The maximum Gasteiger partial charge on any atom is 0.293 e. The smallest absolute Gasteiger partial charge is 0.293 e. The van der Waals surface area contributed by atoms with Gasteiger partial charge in [-0.3, -0.25) is 9.48 Å². The number of nitrogens with zero attached hydrogens (tertiary/aromatic N) is 4. The molecule has 3 aromatic heterocycles. The number of carbonyl (C=O) groups is 1. The van der Waals surface area contributed by atoms with Gasteiger partial charge in [-0.15, -0.1) is 0 Å². The van der Waals surface area contributed by atoms with Crippen LogP contribution >= 0.6 is 0 Å². The maximum absolute atomic E-state index is 12.3. The number of carbonyl (C=O) groups excluding carboxylic acids is 1. The molecule has 3 rings (SSSR count). The molecule has 0 radical (unpaired) electrons. The zero-order valence-electron chi connectivity index (χ0n) is 13.8. The molecule has 0 fully saturated rings. The highest BCUT2D eigenvalue weighted by Crippen LogP contribution is 2.17. The van der Waals surface area contributed by atoms with Crippen LogP contribution in [-0.2, 0) is 20.0 Å². The van der Waals surface area contributed by atoms with Crippen LogP contribution in [0.4, 0.5) is 0 Å². The number of amides is 1. The number of rotatable bonds is 6. The van der Waals surface area contributed by atoms with Gasteiger partial charge in [0.15, 0.2) is 11.6 Å². The number of hydrogen-bond donors (Lipinski definition) is 1. The second-order valence-electron chi connectivity index (χ2n) is 5.92. The van der Waals surface area contributed by atoms with Crippen LogP contribution in [0.25, 0.3) is 11.7 Å². The first kappa shape index (κ1) is 16.0. The predicted molar refractivity (Wildman–Crippen MR) is 84.9 cm³/mol. The summed E-state index contributed by atoms with van der Waals surface area (Å²) in [6, 6.07) is 5.26. The zero-order valence-corrected chi connectivity index (χ0v) is 13.8. The average Bonchev–Trinajstić information content (AvgIpc) is 3.24. The highest BCUT2D eigenvalue weighted by atomic mass is 16.5. The summed E-state index contributed by atoms with van der Waals surface area (Å²) < 4.78 is 11.9. The fraction of sp³-hybridized carbons (Fsp3) is 0.375. The van der Waals surface area contributed by atoms with Gasteiger partial charge in [0.2, 0.25) is 0 Å². The highest BCUT2D eigenvalue weighted by molar-refractivity contribution is 5.92. The SMILES string of the molecule is CC(C)Cc1cc(C(=O)NCc2noc(-c3ccco3)n2)n(C)n1. The number of nitrogens with one attached hydrogen (secondary N) is 1. The largest absolute Gasteiger partial charge is 0.459 e. The summed E-state index contributed by atoms with van der Waals surface area (Å²) in [5.41, 5.74) is 1.40. The maximum atomic E-state index is 12.3. The molecule has 0 aromatic carbocycles. The number of hydrogen-bond acceptors (Lipinski definition) is 6. The Morgan fingerprint density at radius 3 is 2.96 bits per heavy atom. The molecule has 0 bridgehead atoms. The summed E-state index contributed by atoms with van der Waals surface area (Å²) in [4.78, 5) is 16.5. The van der Waals surface area contributed by atoms with E-state index in [9.17, 15) is 4.79 Å². The summed E-state index contributed by atoms with van der Waals surface area (Å²) in [6.45, 7) is 4.39. The molecule has 1 amide bonds. The summed E-state index contributed by atoms with van der Waals surface area (Å²) in [6.07, 6.45) is 2.36. The monoisotopic (exact) mass is 329 g/mol.